The average molecular weight is 362 g/mol. The maximum absolute atomic E-state index is 12.9. The Balaban J connectivity index is 1.44. The van der Waals surface area contributed by atoms with Gasteiger partial charge in [0.25, 0.3) is 5.91 Å². The van der Waals surface area contributed by atoms with Crippen LogP contribution in [-0.4, -0.2) is 10.9 Å². The van der Waals surface area contributed by atoms with Crippen molar-refractivity contribution in [2.24, 2.45) is 0 Å². The lowest BCUT2D eigenvalue weighted by atomic mass is 10.2. The summed E-state index contributed by atoms with van der Waals surface area (Å²) in [6.07, 6.45) is 1.68. The van der Waals surface area contributed by atoms with Crippen molar-refractivity contribution in [3.63, 3.8) is 0 Å². The molecule has 1 amide bonds. The minimum absolute atomic E-state index is 0.134. The molecule has 134 valence electrons. The molecule has 0 aliphatic rings. The summed E-state index contributed by atoms with van der Waals surface area (Å²) >= 11 is 0. The molecular weight excluding hydrogens is 347 g/mol. The highest BCUT2D eigenvalue weighted by molar-refractivity contribution is 6.06. The van der Waals surface area contributed by atoms with E-state index in [0.29, 0.717) is 22.7 Å². The fourth-order valence-electron chi connectivity index (χ4n) is 2.65. The summed E-state index contributed by atoms with van der Waals surface area (Å²) in [5.41, 5.74) is 1.32. The number of hydrogen-bond donors (Lipinski definition) is 1. The smallest absolute Gasteiger partial charge is 0.291 e. The van der Waals surface area contributed by atoms with Crippen molar-refractivity contribution in [3.8, 4) is 5.75 Å². The molecule has 2 aromatic carbocycles. The van der Waals surface area contributed by atoms with Crippen LogP contribution < -0.4 is 10.1 Å². The zero-order chi connectivity index (χ0) is 18.6. The molecule has 0 atom stereocenters. The molecule has 4 rings (SSSR count). The van der Waals surface area contributed by atoms with E-state index in [0.717, 1.165) is 5.39 Å². The Morgan fingerprint density at radius 3 is 2.70 bits per heavy atom. The number of aromatic nitrogens is 1. The Morgan fingerprint density at radius 2 is 1.85 bits per heavy atom. The van der Waals surface area contributed by atoms with E-state index in [-0.39, 0.29) is 24.1 Å². The lowest BCUT2D eigenvalue weighted by Crippen LogP contribution is -2.11. The molecule has 2 heterocycles. The van der Waals surface area contributed by atoms with Gasteiger partial charge in [0, 0.05) is 11.6 Å². The zero-order valence-electron chi connectivity index (χ0n) is 14.2. The number of rotatable bonds is 5. The first-order valence-corrected chi connectivity index (χ1v) is 8.31. The molecule has 0 aliphatic carbocycles. The number of amides is 1. The van der Waals surface area contributed by atoms with Crippen molar-refractivity contribution in [3.05, 3.63) is 90.3 Å². The fourth-order valence-corrected chi connectivity index (χ4v) is 2.65. The molecule has 6 heteroatoms. The summed E-state index contributed by atoms with van der Waals surface area (Å²) in [6.45, 7) is 0.134. The molecule has 0 unspecified atom stereocenters. The van der Waals surface area contributed by atoms with E-state index in [1.54, 1.807) is 24.4 Å². The predicted octanol–water partition coefficient (Wildman–Crippen LogP) is 4.80. The normalized spacial score (nSPS) is 10.7. The number of hydrogen-bond acceptors (Lipinski definition) is 4. The van der Waals surface area contributed by atoms with Crippen molar-refractivity contribution < 1.29 is 18.3 Å². The number of anilines is 1. The third kappa shape index (κ3) is 3.79. The molecule has 0 radical (unpaired) electrons. The van der Waals surface area contributed by atoms with Gasteiger partial charge in [-0.1, -0.05) is 18.2 Å². The maximum atomic E-state index is 12.9. The van der Waals surface area contributed by atoms with Crippen molar-refractivity contribution in [1.82, 2.24) is 4.98 Å². The Labute approximate surface area is 154 Å². The Kier molecular flexibility index (Phi) is 4.53. The first kappa shape index (κ1) is 16.8. The van der Waals surface area contributed by atoms with Gasteiger partial charge in [-0.2, -0.15) is 0 Å². The van der Waals surface area contributed by atoms with Crippen LogP contribution in [0, 0.1) is 5.82 Å². The highest BCUT2D eigenvalue weighted by Gasteiger charge is 2.13. The van der Waals surface area contributed by atoms with Gasteiger partial charge in [0.1, 0.15) is 23.9 Å². The van der Waals surface area contributed by atoms with Gasteiger partial charge in [0.05, 0.1) is 11.2 Å². The van der Waals surface area contributed by atoms with Crippen LogP contribution in [0.1, 0.15) is 16.3 Å². The molecule has 0 fully saturated rings. The monoisotopic (exact) mass is 362 g/mol. The minimum atomic E-state index is -0.374. The number of benzene rings is 2. The van der Waals surface area contributed by atoms with E-state index in [4.69, 9.17) is 9.15 Å². The maximum Gasteiger partial charge on any atom is 0.291 e. The van der Waals surface area contributed by atoms with E-state index < -0.39 is 0 Å². The largest absolute Gasteiger partial charge is 0.486 e. The van der Waals surface area contributed by atoms with Gasteiger partial charge in [-0.3, -0.25) is 9.78 Å². The summed E-state index contributed by atoms with van der Waals surface area (Å²) in [5, 5.41) is 3.75. The highest BCUT2D eigenvalue weighted by Crippen LogP contribution is 2.22. The third-order valence-corrected chi connectivity index (χ3v) is 3.96. The fraction of sp³-hybridized carbons (Fsp3) is 0.0476. The SMILES string of the molecule is O=C(Nc1cccc2cccnc12)c1ccc(COc2ccc(F)cc2)o1. The predicted molar refractivity (Wildman–Crippen MR) is 99.1 cm³/mol. The van der Waals surface area contributed by atoms with Crippen LogP contribution in [0.25, 0.3) is 10.9 Å². The van der Waals surface area contributed by atoms with Gasteiger partial charge in [-0.15, -0.1) is 0 Å². The van der Waals surface area contributed by atoms with Gasteiger partial charge >= 0.3 is 0 Å². The molecule has 27 heavy (non-hydrogen) atoms. The summed E-state index contributed by atoms with van der Waals surface area (Å²) in [5.74, 6) is 0.463. The number of carbonyl (C=O) groups excluding carboxylic acids is 1. The molecule has 1 N–H and O–H groups in total. The molecule has 0 bridgehead atoms. The first-order chi connectivity index (χ1) is 13.2. The second-order valence-corrected chi connectivity index (χ2v) is 5.84. The Bertz CT molecular complexity index is 1080. The number of ether oxygens (including phenoxy) is 1. The summed E-state index contributed by atoms with van der Waals surface area (Å²) < 4.78 is 24.0. The quantitative estimate of drug-likeness (QED) is 0.554. The molecule has 0 aliphatic heterocycles. The number of nitrogens with one attached hydrogen (secondary N) is 1. The number of nitrogens with zero attached hydrogens (tertiary/aromatic N) is 1. The summed E-state index contributed by atoms with van der Waals surface area (Å²) in [6, 6.07) is 18.3. The lowest BCUT2D eigenvalue weighted by Gasteiger charge is -2.06. The number of fused-ring (bicyclic) bond motifs is 1. The highest BCUT2D eigenvalue weighted by atomic mass is 19.1. The van der Waals surface area contributed by atoms with Gasteiger partial charge in [-0.25, -0.2) is 4.39 Å². The number of halogens is 1. The van der Waals surface area contributed by atoms with E-state index in [9.17, 15) is 9.18 Å². The standard InChI is InChI=1S/C21H15FN2O3/c22-15-6-8-16(9-7-15)26-13-17-10-11-19(27-17)21(25)24-18-5-1-3-14-4-2-12-23-20(14)18/h1-12H,13H2,(H,24,25). The van der Waals surface area contributed by atoms with Crippen LogP contribution in [0.2, 0.25) is 0 Å². The Morgan fingerprint density at radius 1 is 1.04 bits per heavy atom. The summed E-state index contributed by atoms with van der Waals surface area (Å²) in [4.78, 5) is 16.8. The number of furan rings is 1. The number of pyridine rings is 1. The second kappa shape index (κ2) is 7.29. The lowest BCUT2D eigenvalue weighted by molar-refractivity contribution is 0.0992. The summed E-state index contributed by atoms with van der Waals surface area (Å²) in [7, 11) is 0. The van der Waals surface area contributed by atoms with E-state index in [1.807, 2.05) is 24.3 Å². The van der Waals surface area contributed by atoms with Gasteiger partial charge in [0.15, 0.2) is 5.76 Å². The van der Waals surface area contributed by atoms with Gasteiger partial charge < -0.3 is 14.5 Å². The van der Waals surface area contributed by atoms with E-state index >= 15 is 0 Å². The van der Waals surface area contributed by atoms with Crippen molar-refractivity contribution in [2.45, 2.75) is 6.61 Å². The van der Waals surface area contributed by atoms with Gasteiger partial charge in [-0.05, 0) is 48.5 Å². The minimum Gasteiger partial charge on any atom is -0.486 e. The Hall–Kier alpha value is -3.67. The van der Waals surface area contributed by atoms with Crippen LogP contribution in [0.3, 0.4) is 0 Å². The molecule has 0 saturated carbocycles. The molecule has 0 spiro atoms. The molecule has 0 saturated heterocycles. The van der Waals surface area contributed by atoms with E-state index in [1.165, 1.54) is 24.3 Å². The molecule has 2 aromatic heterocycles. The average Bonchev–Trinajstić information content (AvgIpc) is 3.17. The van der Waals surface area contributed by atoms with Crippen LogP contribution in [0.15, 0.2) is 77.3 Å². The third-order valence-electron chi connectivity index (χ3n) is 3.96. The van der Waals surface area contributed by atoms with Crippen molar-refractivity contribution in [2.75, 3.05) is 5.32 Å². The van der Waals surface area contributed by atoms with Crippen LogP contribution in [0.4, 0.5) is 10.1 Å². The molecule has 5 nitrogen and oxygen atoms in total. The van der Waals surface area contributed by atoms with Crippen LogP contribution in [0.5, 0.6) is 5.75 Å². The zero-order valence-corrected chi connectivity index (χ0v) is 14.2. The number of para-hydroxylation sites is 1. The number of carbonyl (C=O) groups is 1. The van der Waals surface area contributed by atoms with Crippen molar-refractivity contribution in [1.29, 1.82) is 0 Å². The second-order valence-electron chi connectivity index (χ2n) is 5.84. The van der Waals surface area contributed by atoms with Crippen LogP contribution >= 0.6 is 0 Å². The molecule has 4 aromatic rings. The topological polar surface area (TPSA) is 64.4 Å². The van der Waals surface area contributed by atoms with Crippen molar-refractivity contribution >= 4 is 22.5 Å². The first-order valence-electron chi connectivity index (χ1n) is 8.31. The van der Waals surface area contributed by atoms with E-state index in [2.05, 4.69) is 10.3 Å². The van der Waals surface area contributed by atoms with Crippen LogP contribution in [-0.2, 0) is 6.61 Å². The molecular formula is C21H15FN2O3. The van der Waals surface area contributed by atoms with Gasteiger partial charge in [0.2, 0.25) is 0 Å².